The Bertz CT molecular complexity index is 1810. The molecule has 0 amide bonds. The molecule has 1 aromatic heterocycles. The second kappa shape index (κ2) is 11.1. The third-order valence-electron chi connectivity index (χ3n) is 6.97. The van der Waals surface area contributed by atoms with E-state index in [0.717, 1.165) is 59.4 Å². The lowest BCUT2D eigenvalue weighted by molar-refractivity contribution is 0.358. The highest BCUT2D eigenvalue weighted by Gasteiger charge is 2.34. The Morgan fingerprint density at radius 1 is 1.10 bits per heavy atom. The minimum Gasteiger partial charge on any atom is -0.496 e. The molecule has 5 nitrogen and oxygen atoms in total. The first-order valence-corrected chi connectivity index (χ1v) is 15.5. The Morgan fingerprint density at radius 2 is 1.85 bits per heavy atom. The van der Waals surface area contributed by atoms with Crippen molar-refractivity contribution in [1.29, 1.82) is 0 Å². The molecule has 0 radical (unpaired) electrons. The molecule has 0 bridgehead atoms. The summed E-state index contributed by atoms with van der Waals surface area (Å²) < 4.78 is 16.1. The van der Waals surface area contributed by atoms with Gasteiger partial charge in [0.15, 0.2) is 4.80 Å². The average Bonchev–Trinajstić information content (AvgIpc) is 3.25. The van der Waals surface area contributed by atoms with E-state index in [1.807, 2.05) is 41.0 Å². The van der Waals surface area contributed by atoms with Gasteiger partial charge < -0.3 is 9.47 Å². The molecule has 1 atom stereocenters. The molecule has 0 N–H and O–H groups in total. The maximum absolute atomic E-state index is 14.1. The SMILES string of the molecule is C=CCOc1c(I)cc(/C=c2\sc3n(c2=O)[C@H](c2ccccc2OC)C2=C(N=3)c3ccccc3CC2)cc1I. The van der Waals surface area contributed by atoms with Crippen molar-refractivity contribution in [2.75, 3.05) is 13.7 Å². The van der Waals surface area contributed by atoms with Crippen LogP contribution in [0.15, 0.2) is 88.7 Å². The number of para-hydroxylation sites is 1. The summed E-state index contributed by atoms with van der Waals surface area (Å²) in [5, 5.41) is 0. The number of hydrogen-bond donors (Lipinski definition) is 0. The molecule has 0 saturated heterocycles. The molecule has 2 heterocycles. The summed E-state index contributed by atoms with van der Waals surface area (Å²) in [5.74, 6) is 1.60. The van der Waals surface area contributed by atoms with Gasteiger partial charge in [0, 0.05) is 11.1 Å². The molecule has 1 aliphatic carbocycles. The molecule has 0 unspecified atom stereocenters. The van der Waals surface area contributed by atoms with E-state index in [9.17, 15) is 4.79 Å². The Balaban J connectivity index is 1.57. The molecule has 4 aromatic rings. The van der Waals surface area contributed by atoms with Crippen molar-refractivity contribution < 1.29 is 9.47 Å². The highest BCUT2D eigenvalue weighted by molar-refractivity contribution is 14.1. The number of aromatic nitrogens is 1. The zero-order chi connectivity index (χ0) is 27.1. The van der Waals surface area contributed by atoms with Gasteiger partial charge in [0.2, 0.25) is 0 Å². The first kappa shape index (κ1) is 26.5. The van der Waals surface area contributed by atoms with E-state index in [2.05, 4.69) is 82.1 Å². The number of halogens is 2. The Hall–Kier alpha value is -2.70. The van der Waals surface area contributed by atoms with Crippen LogP contribution >= 0.6 is 56.5 Å². The Kier molecular flexibility index (Phi) is 7.52. The number of hydrogen-bond acceptors (Lipinski definition) is 5. The van der Waals surface area contributed by atoms with Crippen molar-refractivity contribution in [2.45, 2.75) is 18.9 Å². The molecule has 2 aliphatic rings. The number of rotatable bonds is 6. The molecule has 1 aliphatic heterocycles. The van der Waals surface area contributed by atoms with Crippen LogP contribution < -0.4 is 24.4 Å². The topological polar surface area (TPSA) is 52.8 Å². The highest BCUT2D eigenvalue weighted by Crippen LogP contribution is 2.43. The molecule has 6 rings (SSSR count). The summed E-state index contributed by atoms with van der Waals surface area (Å²) in [5.41, 5.74) is 6.46. The molecule has 3 aromatic carbocycles. The number of thiazole rings is 1. The van der Waals surface area contributed by atoms with Gasteiger partial charge in [-0.25, -0.2) is 4.99 Å². The van der Waals surface area contributed by atoms with E-state index >= 15 is 0 Å². The normalized spacial score (nSPS) is 16.2. The minimum atomic E-state index is -0.280. The van der Waals surface area contributed by atoms with Gasteiger partial charge in [0.1, 0.15) is 18.1 Å². The van der Waals surface area contributed by atoms with Crippen molar-refractivity contribution in [1.82, 2.24) is 4.57 Å². The lowest BCUT2D eigenvalue weighted by atomic mass is 9.83. The molecule has 196 valence electrons. The monoisotopic (exact) mass is 758 g/mol. The number of methoxy groups -OCH3 is 1. The van der Waals surface area contributed by atoms with Crippen molar-refractivity contribution >= 4 is 68.3 Å². The third-order valence-corrected chi connectivity index (χ3v) is 9.56. The zero-order valence-corrected chi connectivity index (χ0v) is 26.2. The molecule has 0 spiro atoms. The highest BCUT2D eigenvalue weighted by atomic mass is 127. The number of benzene rings is 3. The van der Waals surface area contributed by atoms with Crippen LogP contribution in [0.3, 0.4) is 0 Å². The number of fused-ring (bicyclic) bond motifs is 3. The molecule has 8 heteroatoms. The second-order valence-corrected chi connectivity index (χ2v) is 12.6. The van der Waals surface area contributed by atoms with Crippen LogP contribution in [0.25, 0.3) is 11.8 Å². The molecular formula is C31H24I2N2O3S. The lowest BCUT2D eigenvalue weighted by Gasteiger charge is -2.31. The van der Waals surface area contributed by atoms with Crippen LogP contribution in [0.4, 0.5) is 0 Å². The fourth-order valence-electron chi connectivity index (χ4n) is 5.29. The van der Waals surface area contributed by atoms with E-state index in [0.29, 0.717) is 15.9 Å². The van der Waals surface area contributed by atoms with Gasteiger partial charge in [-0.2, -0.15) is 0 Å². The number of ether oxygens (including phenoxy) is 2. The Labute approximate surface area is 257 Å². The number of aryl methyl sites for hydroxylation is 1. The van der Waals surface area contributed by atoms with E-state index in [1.165, 1.54) is 16.9 Å². The van der Waals surface area contributed by atoms with Crippen LogP contribution in [0.2, 0.25) is 0 Å². The molecule has 0 fully saturated rings. The maximum atomic E-state index is 14.1. The molecule has 0 saturated carbocycles. The third kappa shape index (κ3) is 4.80. The summed E-state index contributed by atoms with van der Waals surface area (Å²) in [7, 11) is 1.68. The minimum absolute atomic E-state index is 0.0444. The fraction of sp³-hybridized carbons (Fsp3) is 0.161. The van der Waals surface area contributed by atoms with E-state index in [1.54, 1.807) is 13.2 Å². The molecule has 39 heavy (non-hydrogen) atoms. The summed E-state index contributed by atoms with van der Waals surface area (Å²) in [6.45, 7) is 4.18. The maximum Gasteiger partial charge on any atom is 0.271 e. The van der Waals surface area contributed by atoms with Gasteiger partial charge in [-0.05, 0) is 99.0 Å². The van der Waals surface area contributed by atoms with E-state index in [4.69, 9.17) is 14.5 Å². The van der Waals surface area contributed by atoms with E-state index in [-0.39, 0.29) is 11.6 Å². The Morgan fingerprint density at radius 3 is 2.62 bits per heavy atom. The quantitative estimate of drug-likeness (QED) is 0.177. The van der Waals surface area contributed by atoms with Crippen LogP contribution in [0.1, 0.15) is 34.7 Å². The van der Waals surface area contributed by atoms with Crippen molar-refractivity contribution in [3.8, 4) is 11.5 Å². The number of nitrogens with zero attached hydrogens (tertiary/aromatic N) is 2. The lowest BCUT2D eigenvalue weighted by Crippen LogP contribution is -2.39. The summed E-state index contributed by atoms with van der Waals surface area (Å²) in [4.78, 5) is 19.9. The van der Waals surface area contributed by atoms with Crippen LogP contribution in [0.5, 0.6) is 11.5 Å². The van der Waals surface area contributed by atoms with Gasteiger partial charge in [-0.15, -0.1) is 0 Å². The van der Waals surface area contributed by atoms with Gasteiger partial charge in [0.05, 0.1) is 30.5 Å². The predicted octanol–water partition coefficient (Wildman–Crippen LogP) is 6.10. The van der Waals surface area contributed by atoms with Crippen LogP contribution in [-0.4, -0.2) is 18.3 Å². The first-order chi connectivity index (χ1) is 19.0. The largest absolute Gasteiger partial charge is 0.496 e. The van der Waals surface area contributed by atoms with Gasteiger partial charge in [-0.1, -0.05) is 66.5 Å². The van der Waals surface area contributed by atoms with Crippen LogP contribution in [-0.2, 0) is 6.42 Å². The van der Waals surface area contributed by atoms with Crippen molar-refractivity contribution in [3.63, 3.8) is 0 Å². The van der Waals surface area contributed by atoms with Crippen molar-refractivity contribution in [3.05, 3.63) is 128 Å². The smallest absolute Gasteiger partial charge is 0.271 e. The summed E-state index contributed by atoms with van der Waals surface area (Å²) >= 11 is 5.99. The van der Waals surface area contributed by atoms with Gasteiger partial charge in [-0.3, -0.25) is 9.36 Å². The standard InChI is InChI=1S/C31H24I2N2O3S/c1-3-14-38-29-23(32)15-18(16-24(29)33)17-26-30(36)35-28(21-10-6-7-11-25(21)37-2)22-13-12-19-8-4-5-9-20(19)27(22)34-31(35)39-26/h3-11,15-17,28H,1,12-14H2,2H3/b26-17-/t28-/m1/s1. The fourth-order valence-corrected chi connectivity index (χ4v) is 8.41. The van der Waals surface area contributed by atoms with E-state index < -0.39 is 0 Å². The predicted molar refractivity (Wildman–Crippen MR) is 173 cm³/mol. The molecular weight excluding hydrogens is 734 g/mol. The summed E-state index contributed by atoms with van der Waals surface area (Å²) in [6, 6.07) is 20.2. The summed E-state index contributed by atoms with van der Waals surface area (Å²) in [6.07, 6.45) is 5.45. The van der Waals surface area contributed by atoms with Gasteiger partial charge >= 0.3 is 0 Å². The number of allylic oxidation sites excluding steroid dienone is 1. The second-order valence-electron chi connectivity index (χ2n) is 9.27. The first-order valence-electron chi connectivity index (χ1n) is 12.5. The van der Waals surface area contributed by atoms with Crippen molar-refractivity contribution in [2.24, 2.45) is 4.99 Å². The van der Waals surface area contributed by atoms with Gasteiger partial charge in [0.25, 0.3) is 5.56 Å². The van der Waals surface area contributed by atoms with Crippen LogP contribution in [0, 0.1) is 7.14 Å². The average molecular weight is 758 g/mol. The zero-order valence-electron chi connectivity index (χ0n) is 21.1.